The zero-order valence-electron chi connectivity index (χ0n) is 12.2. The molecule has 0 radical (unpaired) electrons. The molecule has 0 aliphatic heterocycles. The second-order valence-corrected chi connectivity index (χ2v) is 4.90. The number of ether oxygens (including phenoxy) is 1. The van der Waals surface area contributed by atoms with Crippen molar-refractivity contribution in [2.45, 2.75) is 19.5 Å². The summed E-state index contributed by atoms with van der Waals surface area (Å²) in [6.45, 7) is 6.87. The van der Waals surface area contributed by atoms with Crippen molar-refractivity contribution in [3.05, 3.63) is 78.1 Å². The van der Waals surface area contributed by atoms with Gasteiger partial charge in [0.05, 0.1) is 0 Å². The van der Waals surface area contributed by atoms with Crippen LogP contribution in [0.1, 0.15) is 24.1 Å². The summed E-state index contributed by atoms with van der Waals surface area (Å²) in [5, 5.41) is 3.38. The average Bonchev–Trinajstić information content (AvgIpc) is 2.51. The third kappa shape index (κ3) is 4.72. The summed E-state index contributed by atoms with van der Waals surface area (Å²) in [7, 11) is 0. The van der Waals surface area contributed by atoms with Crippen LogP contribution >= 0.6 is 0 Å². The number of benzene rings is 2. The Morgan fingerprint density at radius 3 is 2.67 bits per heavy atom. The third-order valence-corrected chi connectivity index (χ3v) is 3.25. The van der Waals surface area contributed by atoms with Crippen molar-refractivity contribution in [1.82, 2.24) is 5.32 Å². The molecule has 0 aliphatic carbocycles. The van der Waals surface area contributed by atoms with Gasteiger partial charge in [0.2, 0.25) is 0 Å². The summed E-state index contributed by atoms with van der Waals surface area (Å²) < 4.78 is 18.6. The molecule has 2 nitrogen and oxygen atoms in total. The van der Waals surface area contributed by atoms with Crippen molar-refractivity contribution in [3.8, 4) is 5.75 Å². The molecule has 0 aromatic heterocycles. The van der Waals surface area contributed by atoms with E-state index in [1.165, 1.54) is 6.07 Å². The SMILES string of the molecule is C=CCOc1ccc(CN[C@H](C)c2cccc(F)c2)cc1. The van der Waals surface area contributed by atoms with E-state index in [-0.39, 0.29) is 11.9 Å². The summed E-state index contributed by atoms with van der Waals surface area (Å²) in [5.74, 6) is 0.627. The van der Waals surface area contributed by atoms with Gasteiger partial charge >= 0.3 is 0 Å². The van der Waals surface area contributed by atoms with E-state index in [0.29, 0.717) is 6.61 Å². The number of hydrogen-bond donors (Lipinski definition) is 1. The van der Waals surface area contributed by atoms with E-state index < -0.39 is 0 Å². The fourth-order valence-electron chi connectivity index (χ4n) is 2.02. The lowest BCUT2D eigenvalue weighted by molar-refractivity contribution is 0.363. The molecule has 2 aromatic rings. The molecule has 1 atom stereocenters. The van der Waals surface area contributed by atoms with Gasteiger partial charge in [-0.25, -0.2) is 4.39 Å². The minimum Gasteiger partial charge on any atom is -0.490 e. The predicted molar refractivity (Wildman–Crippen MR) is 83.8 cm³/mol. The summed E-state index contributed by atoms with van der Waals surface area (Å²) in [4.78, 5) is 0. The molecule has 0 fully saturated rings. The van der Waals surface area contributed by atoms with E-state index >= 15 is 0 Å². The fourth-order valence-corrected chi connectivity index (χ4v) is 2.02. The van der Waals surface area contributed by atoms with E-state index in [1.807, 2.05) is 37.3 Å². The second-order valence-electron chi connectivity index (χ2n) is 4.90. The first-order valence-corrected chi connectivity index (χ1v) is 7.00. The standard InChI is InChI=1S/C18H20FNO/c1-3-11-21-18-9-7-15(8-10-18)13-20-14(2)16-5-4-6-17(19)12-16/h3-10,12,14,20H,1,11,13H2,2H3/t14-/m1/s1. The molecule has 0 bridgehead atoms. The number of nitrogens with one attached hydrogen (secondary N) is 1. The largest absolute Gasteiger partial charge is 0.490 e. The smallest absolute Gasteiger partial charge is 0.123 e. The number of hydrogen-bond acceptors (Lipinski definition) is 2. The van der Waals surface area contributed by atoms with Crippen LogP contribution in [0.15, 0.2) is 61.2 Å². The molecule has 0 spiro atoms. The highest BCUT2D eigenvalue weighted by Gasteiger charge is 2.05. The van der Waals surface area contributed by atoms with Gasteiger partial charge in [0.25, 0.3) is 0 Å². The van der Waals surface area contributed by atoms with Gasteiger partial charge in [-0.15, -0.1) is 0 Å². The highest BCUT2D eigenvalue weighted by atomic mass is 19.1. The van der Waals surface area contributed by atoms with Gasteiger partial charge in [-0.3, -0.25) is 0 Å². The molecule has 0 aliphatic rings. The van der Waals surface area contributed by atoms with Crippen LogP contribution in [0.2, 0.25) is 0 Å². The van der Waals surface area contributed by atoms with E-state index in [4.69, 9.17) is 4.74 Å². The normalized spacial score (nSPS) is 11.9. The Labute approximate surface area is 125 Å². The second kappa shape index (κ2) is 7.60. The summed E-state index contributed by atoms with van der Waals surface area (Å²) in [5.41, 5.74) is 2.10. The van der Waals surface area contributed by atoms with Crippen molar-refractivity contribution in [1.29, 1.82) is 0 Å². The Balaban J connectivity index is 1.89. The maximum Gasteiger partial charge on any atom is 0.123 e. The quantitative estimate of drug-likeness (QED) is 0.768. The van der Waals surface area contributed by atoms with Crippen LogP contribution in [0.4, 0.5) is 4.39 Å². The van der Waals surface area contributed by atoms with Crippen molar-refractivity contribution in [2.24, 2.45) is 0 Å². The number of halogens is 1. The van der Waals surface area contributed by atoms with Crippen LogP contribution in [-0.2, 0) is 6.54 Å². The lowest BCUT2D eigenvalue weighted by Crippen LogP contribution is -2.18. The van der Waals surface area contributed by atoms with Gasteiger partial charge < -0.3 is 10.1 Å². The first kappa shape index (κ1) is 15.3. The third-order valence-electron chi connectivity index (χ3n) is 3.25. The van der Waals surface area contributed by atoms with Crippen molar-refractivity contribution >= 4 is 0 Å². The molecule has 0 unspecified atom stereocenters. The van der Waals surface area contributed by atoms with Gasteiger partial charge in [0.1, 0.15) is 18.2 Å². The first-order valence-electron chi connectivity index (χ1n) is 7.00. The van der Waals surface area contributed by atoms with Gasteiger partial charge in [-0.1, -0.05) is 36.9 Å². The minimum absolute atomic E-state index is 0.0948. The lowest BCUT2D eigenvalue weighted by atomic mass is 10.1. The van der Waals surface area contributed by atoms with Gasteiger partial charge in [-0.05, 0) is 42.3 Å². The van der Waals surface area contributed by atoms with Crippen LogP contribution < -0.4 is 10.1 Å². The zero-order valence-corrected chi connectivity index (χ0v) is 12.2. The van der Waals surface area contributed by atoms with E-state index in [9.17, 15) is 4.39 Å². The molecule has 0 heterocycles. The molecule has 1 N–H and O–H groups in total. The van der Waals surface area contributed by atoms with Gasteiger partial charge in [0.15, 0.2) is 0 Å². The van der Waals surface area contributed by atoms with Gasteiger partial charge in [-0.2, -0.15) is 0 Å². The molecule has 2 aromatic carbocycles. The zero-order chi connectivity index (χ0) is 15.1. The Bertz CT molecular complexity index is 580. The van der Waals surface area contributed by atoms with Crippen molar-refractivity contribution in [3.63, 3.8) is 0 Å². The van der Waals surface area contributed by atoms with Crippen LogP contribution in [0.5, 0.6) is 5.75 Å². The molecule has 21 heavy (non-hydrogen) atoms. The maximum absolute atomic E-state index is 13.2. The highest BCUT2D eigenvalue weighted by molar-refractivity contribution is 5.27. The van der Waals surface area contributed by atoms with E-state index in [1.54, 1.807) is 18.2 Å². The molecule has 0 saturated carbocycles. The Morgan fingerprint density at radius 2 is 2.00 bits per heavy atom. The topological polar surface area (TPSA) is 21.3 Å². The van der Waals surface area contributed by atoms with Crippen LogP contribution in [0, 0.1) is 5.82 Å². The molecule has 2 rings (SSSR count). The van der Waals surface area contributed by atoms with Crippen LogP contribution in [0.3, 0.4) is 0 Å². The Morgan fingerprint density at radius 1 is 1.24 bits per heavy atom. The average molecular weight is 285 g/mol. The molecule has 3 heteroatoms. The predicted octanol–water partition coefficient (Wildman–Crippen LogP) is 4.24. The summed E-state index contributed by atoms with van der Waals surface area (Å²) in [6, 6.07) is 14.7. The van der Waals surface area contributed by atoms with E-state index in [0.717, 1.165) is 23.4 Å². The fraction of sp³-hybridized carbons (Fsp3) is 0.222. The number of rotatable bonds is 7. The van der Waals surface area contributed by atoms with Crippen LogP contribution in [-0.4, -0.2) is 6.61 Å². The van der Waals surface area contributed by atoms with Crippen molar-refractivity contribution < 1.29 is 9.13 Å². The summed E-state index contributed by atoms with van der Waals surface area (Å²) in [6.07, 6.45) is 1.72. The van der Waals surface area contributed by atoms with Gasteiger partial charge in [0, 0.05) is 12.6 Å². The van der Waals surface area contributed by atoms with Crippen LogP contribution in [0.25, 0.3) is 0 Å². The monoisotopic (exact) mass is 285 g/mol. The van der Waals surface area contributed by atoms with Crippen molar-refractivity contribution in [2.75, 3.05) is 6.61 Å². The molecule has 110 valence electrons. The highest BCUT2D eigenvalue weighted by Crippen LogP contribution is 2.16. The molecular weight excluding hydrogens is 265 g/mol. The molecule has 0 saturated heterocycles. The minimum atomic E-state index is -0.204. The molecule has 0 amide bonds. The lowest BCUT2D eigenvalue weighted by Gasteiger charge is -2.14. The Hall–Kier alpha value is -2.13. The summed E-state index contributed by atoms with van der Waals surface area (Å²) >= 11 is 0. The first-order chi connectivity index (χ1) is 10.2. The Kier molecular flexibility index (Phi) is 5.52. The molecular formula is C18H20FNO. The van der Waals surface area contributed by atoms with E-state index in [2.05, 4.69) is 11.9 Å². The maximum atomic E-state index is 13.2.